The number of nitrogens with zero attached hydrogens (tertiary/aromatic N) is 1. The van der Waals surface area contributed by atoms with Crippen LogP contribution in [0, 0.1) is 0 Å². The average molecular weight is 399 g/mol. The number of halogens is 1. The van der Waals surface area contributed by atoms with Crippen LogP contribution in [0.3, 0.4) is 0 Å². The first-order chi connectivity index (χ1) is 11.7. The highest BCUT2D eigenvalue weighted by Gasteiger charge is 2.22. The van der Waals surface area contributed by atoms with Crippen molar-refractivity contribution < 1.29 is 13.2 Å². The molecule has 1 N–H and O–H groups in total. The van der Waals surface area contributed by atoms with Crippen LogP contribution in [0.4, 0.5) is 5.69 Å². The summed E-state index contributed by atoms with van der Waals surface area (Å²) in [6.45, 7) is 3.61. The third-order valence-corrected chi connectivity index (χ3v) is 6.76. The number of amides is 1. The summed E-state index contributed by atoms with van der Waals surface area (Å²) in [5.74, 6) is -0.306. The van der Waals surface area contributed by atoms with Gasteiger partial charge in [0.15, 0.2) is 0 Å². The molecule has 0 saturated heterocycles. The molecule has 25 heavy (non-hydrogen) atoms. The van der Waals surface area contributed by atoms with E-state index in [1.54, 1.807) is 38.1 Å². The smallest absolute Gasteiger partial charge is 0.248 e. The number of sulfonamides is 1. The topological polar surface area (TPSA) is 66.5 Å². The molecule has 1 heterocycles. The van der Waals surface area contributed by atoms with E-state index in [0.29, 0.717) is 10.0 Å². The predicted octanol–water partition coefficient (Wildman–Crippen LogP) is 4.08. The van der Waals surface area contributed by atoms with Crippen molar-refractivity contribution in [2.75, 3.05) is 12.4 Å². The van der Waals surface area contributed by atoms with Gasteiger partial charge >= 0.3 is 0 Å². The molecule has 0 radical (unpaired) electrons. The molecule has 0 spiro atoms. The van der Waals surface area contributed by atoms with Crippen molar-refractivity contribution in [1.82, 2.24) is 4.31 Å². The number of anilines is 1. The fraction of sp³-hybridized carbons (Fsp3) is 0.235. The highest BCUT2D eigenvalue weighted by molar-refractivity contribution is 7.89. The third kappa shape index (κ3) is 5.15. The Balaban J connectivity index is 2.05. The molecule has 1 aromatic heterocycles. The molecular weight excluding hydrogens is 380 g/mol. The van der Waals surface area contributed by atoms with Crippen LogP contribution in [0.25, 0.3) is 6.08 Å². The number of thiophene rings is 1. The Kier molecular flexibility index (Phi) is 6.40. The van der Waals surface area contributed by atoms with Gasteiger partial charge < -0.3 is 5.32 Å². The van der Waals surface area contributed by atoms with Crippen molar-refractivity contribution in [2.24, 2.45) is 0 Å². The number of carbonyl (C=O) groups is 1. The standard InChI is InChI=1S/C17H19ClN2O3S2/c1-12(2)20(3)25(22,23)15-8-4-13(5-9-15)19-17(21)11-7-14-6-10-16(18)24-14/h4-12H,1-3H3,(H,19,21). The largest absolute Gasteiger partial charge is 0.323 e. The predicted molar refractivity (Wildman–Crippen MR) is 104 cm³/mol. The van der Waals surface area contributed by atoms with Crippen LogP contribution in [0.2, 0.25) is 4.34 Å². The van der Waals surface area contributed by atoms with Gasteiger partial charge in [0.25, 0.3) is 0 Å². The summed E-state index contributed by atoms with van der Waals surface area (Å²) in [6.07, 6.45) is 3.07. The lowest BCUT2D eigenvalue weighted by Crippen LogP contribution is -2.33. The summed E-state index contributed by atoms with van der Waals surface area (Å²) >= 11 is 7.20. The monoisotopic (exact) mass is 398 g/mol. The Morgan fingerprint density at radius 1 is 1.20 bits per heavy atom. The first-order valence-corrected chi connectivity index (χ1v) is 10.2. The maximum Gasteiger partial charge on any atom is 0.248 e. The van der Waals surface area contributed by atoms with Gasteiger partial charge in [0.1, 0.15) is 0 Å². The second-order valence-electron chi connectivity index (χ2n) is 5.60. The van der Waals surface area contributed by atoms with Crippen molar-refractivity contribution >= 4 is 50.6 Å². The number of hydrogen-bond donors (Lipinski definition) is 1. The minimum absolute atomic E-state index is 0.139. The number of hydrogen-bond acceptors (Lipinski definition) is 4. The van der Waals surface area contributed by atoms with E-state index in [9.17, 15) is 13.2 Å². The Hall–Kier alpha value is -1.67. The fourth-order valence-corrected chi connectivity index (χ4v) is 4.24. The van der Waals surface area contributed by atoms with Gasteiger partial charge in [-0.05, 0) is 56.3 Å². The van der Waals surface area contributed by atoms with Gasteiger partial charge in [-0.25, -0.2) is 8.42 Å². The van der Waals surface area contributed by atoms with Gasteiger partial charge in [0, 0.05) is 29.7 Å². The molecule has 0 aliphatic heterocycles. The molecule has 0 bridgehead atoms. The number of rotatable bonds is 6. The van der Waals surface area contributed by atoms with Crippen molar-refractivity contribution in [3.8, 4) is 0 Å². The number of carbonyl (C=O) groups excluding carboxylic acids is 1. The fourth-order valence-electron chi connectivity index (χ4n) is 1.91. The lowest BCUT2D eigenvalue weighted by atomic mass is 10.3. The molecule has 5 nitrogen and oxygen atoms in total. The lowest BCUT2D eigenvalue weighted by Gasteiger charge is -2.21. The number of benzene rings is 1. The lowest BCUT2D eigenvalue weighted by molar-refractivity contribution is -0.111. The molecule has 2 aromatic rings. The molecule has 0 atom stereocenters. The van der Waals surface area contributed by atoms with Gasteiger partial charge in [0.2, 0.25) is 15.9 Å². The summed E-state index contributed by atoms with van der Waals surface area (Å²) in [6, 6.07) is 9.53. The van der Waals surface area contributed by atoms with E-state index in [1.165, 1.54) is 40.9 Å². The van der Waals surface area contributed by atoms with E-state index >= 15 is 0 Å². The maximum absolute atomic E-state index is 12.4. The van der Waals surface area contributed by atoms with Crippen LogP contribution in [0.15, 0.2) is 47.4 Å². The minimum Gasteiger partial charge on any atom is -0.323 e. The van der Waals surface area contributed by atoms with E-state index in [-0.39, 0.29) is 16.8 Å². The molecule has 0 unspecified atom stereocenters. The van der Waals surface area contributed by atoms with Gasteiger partial charge in [-0.1, -0.05) is 11.6 Å². The van der Waals surface area contributed by atoms with E-state index in [1.807, 2.05) is 6.07 Å². The van der Waals surface area contributed by atoms with Crippen molar-refractivity contribution in [3.05, 3.63) is 51.7 Å². The molecule has 134 valence electrons. The van der Waals surface area contributed by atoms with Gasteiger partial charge in [-0.15, -0.1) is 11.3 Å². The Morgan fingerprint density at radius 3 is 2.36 bits per heavy atom. The quantitative estimate of drug-likeness (QED) is 0.745. The van der Waals surface area contributed by atoms with Crippen LogP contribution in [0.1, 0.15) is 18.7 Å². The van der Waals surface area contributed by atoms with E-state index < -0.39 is 10.0 Å². The van der Waals surface area contributed by atoms with Crippen LogP contribution < -0.4 is 5.32 Å². The summed E-state index contributed by atoms with van der Waals surface area (Å²) in [7, 11) is -1.99. The van der Waals surface area contributed by atoms with E-state index in [4.69, 9.17) is 11.6 Å². The Bertz CT molecular complexity index is 872. The molecular formula is C17H19ClN2O3S2. The highest BCUT2D eigenvalue weighted by atomic mass is 35.5. The SMILES string of the molecule is CC(C)N(C)S(=O)(=O)c1ccc(NC(=O)C=Cc2ccc(Cl)s2)cc1. The van der Waals surface area contributed by atoms with Crippen LogP contribution in [-0.4, -0.2) is 31.7 Å². The molecule has 8 heteroatoms. The minimum atomic E-state index is -3.53. The Morgan fingerprint density at radius 2 is 1.84 bits per heavy atom. The number of nitrogens with one attached hydrogen (secondary N) is 1. The zero-order valence-electron chi connectivity index (χ0n) is 14.1. The van der Waals surface area contributed by atoms with Crippen LogP contribution in [0.5, 0.6) is 0 Å². The third-order valence-electron chi connectivity index (χ3n) is 3.52. The van der Waals surface area contributed by atoms with E-state index in [2.05, 4.69) is 5.32 Å². The first-order valence-electron chi connectivity index (χ1n) is 7.52. The van der Waals surface area contributed by atoms with Crippen LogP contribution in [-0.2, 0) is 14.8 Å². The summed E-state index contributed by atoms with van der Waals surface area (Å²) in [5, 5.41) is 2.69. The normalized spacial score (nSPS) is 12.2. The van der Waals surface area contributed by atoms with Gasteiger partial charge in [-0.3, -0.25) is 4.79 Å². The molecule has 0 aliphatic rings. The zero-order chi connectivity index (χ0) is 18.6. The summed E-state index contributed by atoms with van der Waals surface area (Å²) < 4.78 is 26.7. The highest BCUT2D eigenvalue weighted by Crippen LogP contribution is 2.22. The molecule has 0 saturated carbocycles. The molecule has 2 rings (SSSR count). The van der Waals surface area contributed by atoms with E-state index in [0.717, 1.165) is 4.88 Å². The molecule has 0 aliphatic carbocycles. The van der Waals surface area contributed by atoms with Gasteiger partial charge in [0.05, 0.1) is 9.23 Å². The van der Waals surface area contributed by atoms with Gasteiger partial charge in [-0.2, -0.15) is 4.31 Å². The second-order valence-corrected chi connectivity index (χ2v) is 9.35. The van der Waals surface area contributed by atoms with Crippen molar-refractivity contribution in [3.63, 3.8) is 0 Å². The van der Waals surface area contributed by atoms with Crippen LogP contribution >= 0.6 is 22.9 Å². The molecule has 1 aromatic carbocycles. The second kappa shape index (κ2) is 8.14. The molecule has 1 amide bonds. The first kappa shape index (κ1) is 19.7. The Labute approximate surface area is 157 Å². The zero-order valence-corrected chi connectivity index (χ0v) is 16.5. The van der Waals surface area contributed by atoms with Crippen molar-refractivity contribution in [2.45, 2.75) is 24.8 Å². The average Bonchev–Trinajstić information content (AvgIpc) is 2.98. The summed E-state index contributed by atoms with van der Waals surface area (Å²) in [4.78, 5) is 13.0. The van der Waals surface area contributed by atoms with Crippen molar-refractivity contribution in [1.29, 1.82) is 0 Å². The maximum atomic E-state index is 12.4. The molecule has 0 fully saturated rings. The summed E-state index contributed by atoms with van der Waals surface area (Å²) in [5.41, 5.74) is 0.519.